The molecule has 0 saturated heterocycles. The minimum absolute atomic E-state index is 0.428. The molecule has 0 amide bonds. The minimum Gasteiger partial charge on any atom is -0.494 e. The van der Waals surface area contributed by atoms with Crippen molar-refractivity contribution in [3.05, 3.63) is 23.8 Å². The SMILES string of the molecule is CCOc1ccc2c(c1)C(O)CCCO2. The predicted octanol–water partition coefficient (Wildman–Crippen LogP) is 2.29. The van der Waals surface area contributed by atoms with Crippen molar-refractivity contribution in [1.29, 1.82) is 0 Å². The van der Waals surface area contributed by atoms with Gasteiger partial charge in [-0.3, -0.25) is 0 Å². The van der Waals surface area contributed by atoms with Crippen LogP contribution in [0.1, 0.15) is 31.4 Å². The summed E-state index contributed by atoms with van der Waals surface area (Å²) in [6, 6.07) is 5.62. The maximum atomic E-state index is 9.90. The Balaban J connectivity index is 2.31. The zero-order valence-electron chi connectivity index (χ0n) is 8.90. The second-order valence-electron chi connectivity index (χ2n) is 3.64. The predicted molar refractivity (Wildman–Crippen MR) is 57.3 cm³/mol. The van der Waals surface area contributed by atoms with Gasteiger partial charge in [0.15, 0.2) is 0 Å². The number of fused-ring (bicyclic) bond motifs is 1. The van der Waals surface area contributed by atoms with Gasteiger partial charge in [-0.15, -0.1) is 0 Å². The third kappa shape index (κ3) is 2.23. The molecule has 1 aromatic carbocycles. The van der Waals surface area contributed by atoms with Gasteiger partial charge in [-0.25, -0.2) is 0 Å². The summed E-state index contributed by atoms with van der Waals surface area (Å²) in [6.45, 7) is 3.26. The molecule has 1 atom stereocenters. The summed E-state index contributed by atoms with van der Waals surface area (Å²) in [4.78, 5) is 0. The highest BCUT2D eigenvalue weighted by molar-refractivity contribution is 5.42. The second-order valence-corrected chi connectivity index (χ2v) is 3.64. The Kier molecular flexibility index (Phi) is 3.11. The number of rotatable bonds is 2. The molecule has 1 heterocycles. The zero-order chi connectivity index (χ0) is 10.7. The molecular weight excluding hydrogens is 192 g/mol. The molecule has 0 aliphatic carbocycles. The Morgan fingerprint density at radius 1 is 1.53 bits per heavy atom. The molecule has 0 bridgehead atoms. The molecule has 0 spiro atoms. The lowest BCUT2D eigenvalue weighted by molar-refractivity contribution is 0.167. The zero-order valence-corrected chi connectivity index (χ0v) is 8.90. The lowest BCUT2D eigenvalue weighted by Crippen LogP contribution is -1.98. The lowest BCUT2D eigenvalue weighted by atomic mass is 10.0. The van der Waals surface area contributed by atoms with E-state index in [-0.39, 0.29) is 0 Å². The van der Waals surface area contributed by atoms with Crippen LogP contribution in [0.2, 0.25) is 0 Å². The van der Waals surface area contributed by atoms with Crippen molar-refractivity contribution in [3.8, 4) is 11.5 Å². The first-order valence-electron chi connectivity index (χ1n) is 5.39. The number of hydrogen-bond donors (Lipinski definition) is 1. The number of aliphatic hydroxyl groups is 1. The second kappa shape index (κ2) is 4.53. The van der Waals surface area contributed by atoms with E-state index >= 15 is 0 Å². The average Bonchev–Trinajstić information content (AvgIpc) is 2.42. The van der Waals surface area contributed by atoms with E-state index in [9.17, 15) is 5.11 Å². The molecule has 0 saturated carbocycles. The van der Waals surface area contributed by atoms with Crippen molar-refractivity contribution >= 4 is 0 Å². The maximum absolute atomic E-state index is 9.90. The first-order valence-corrected chi connectivity index (χ1v) is 5.39. The molecule has 0 aromatic heterocycles. The van der Waals surface area contributed by atoms with Crippen molar-refractivity contribution in [2.24, 2.45) is 0 Å². The molecular formula is C12H16O3. The van der Waals surface area contributed by atoms with Crippen molar-refractivity contribution in [2.45, 2.75) is 25.9 Å². The van der Waals surface area contributed by atoms with Gasteiger partial charge in [-0.05, 0) is 38.0 Å². The Labute approximate surface area is 89.6 Å². The van der Waals surface area contributed by atoms with Crippen LogP contribution >= 0.6 is 0 Å². The summed E-state index contributed by atoms with van der Waals surface area (Å²) in [5.41, 5.74) is 0.846. The van der Waals surface area contributed by atoms with Crippen LogP contribution in [0.25, 0.3) is 0 Å². The molecule has 2 rings (SSSR count). The van der Waals surface area contributed by atoms with Crippen LogP contribution in [0.5, 0.6) is 11.5 Å². The summed E-state index contributed by atoms with van der Waals surface area (Å²) in [5.74, 6) is 1.57. The van der Waals surface area contributed by atoms with Crippen LogP contribution in [0.4, 0.5) is 0 Å². The van der Waals surface area contributed by atoms with E-state index in [1.54, 1.807) is 0 Å². The highest BCUT2D eigenvalue weighted by Crippen LogP contribution is 2.34. The van der Waals surface area contributed by atoms with E-state index in [1.807, 2.05) is 25.1 Å². The Morgan fingerprint density at radius 2 is 2.40 bits per heavy atom. The molecule has 1 N–H and O–H groups in total. The molecule has 0 fully saturated rings. The number of aliphatic hydroxyl groups excluding tert-OH is 1. The fourth-order valence-corrected chi connectivity index (χ4v) is 1.79. The number of hydrogen-bond acceptors (Lipinski definition) is 3. The largest absolute Gasteiger partial charge is 0.494 e. The van der Waals surface area contributed by atoms with Gasteiger partial charge in [0.25, 0.3) is 0 Å². The van der Waals surface area contributed by atoms with E-state index < -0.39 is 6.10 Å². The van der Waals surface area contributed by atoms with Crippen LogP contribution in [0.15, 0.2) is 18.2 Å². The third-order valence-electron chi connectivity index (χ3n) is 2.53. The van der Waals surface area contributed by atoms with Gasteiger partial charge in [0.2, 0.25) is 0 Å². The Morgan fingerprint density at radius 3 is 3.20 bits per heavy atom. The standard InChI is InChI=1S/C12H16O3/c1-2-14-9-5-6-12-10(8-9)11(13)4-3-7-15-12/h5-6,8,11,13H,2-4,7H2,1H3. The van der Waals surface area contributed by atoms with Crippen LogP contribution in [-0.2, 0) is 0 Å². The van der Waals surface area contributed by atoms with Gasteiger partial charge < -0.3 is 14.6 Å². The van der Waals surface area contributed by atoms with Crippen LogP contribution in [0, 0.1) is 0 Å². The maximum Gasteiger partial charge on any atom is 0.125 e. The molecule has 15 heavy (non-hydrogen) atoms. The Hall–Kier alpha value is -1.22. The molecule has 0 radical (unpaired) electrons. The molecule has 1 unspecified atom stereocenters. The molecule has 3 heteroatoms. The van der Waals surface area contributed by atoms with Gasteiger partial charge in [0.05, 0.1) is 19.3 Å². The highest BCUT2D eigenvalue weighted by Gasteiger charge is 2.17. The van der Waals surface area contributed by atoms with E-state index in [2.05, 4.69) is 0 Å². The van der Waals surface area contributed by atoms with Gasteiger partial charge in [-0.2, -0.15) is 0 Å². The quantitative estimate of drug-likeness (QED) is 0.810. The first-order chi connectivity index (χ1) is 7.31. The first kappa shape index (κ1) is 10.3. The number of ether oxygens (including phenoxy) is 2. The fourth-order valence-electron chi connectivity index (χ4n) is 1.79. The lowest BCUT2D eigenvalue weighted by Gasteiger charge is -2.12. The molecule has 82 valence electrons. The van der Waals surface area contributed by atoms with Crippen LogP contribution < -0.4 is 9.47 Å². The van der Waals surface area contributed by atoms with Crippen molar-refractivity contribution in [2.75, 3.05) is 13.2 Å². The van der Waals surface area contributed by atoms with E-state index in [0.717, 1.165) is 29.9 Å². The van der Waals surface area contributed by atoms with Crippen LogP contribution in [-0.4, -0.2) is 18.3 Å². The fraction of sp³-hybridized carbons (Fsp3) is 0.500. The van der Waals surface area contributed by atoms with E-state index in [4.69, 9.17) is 9.47 Å². The normalized spacial score (nSPS) is 20.0. The van der Waals surface area contributed by atoms with Crippen molar-refractivity contribution in [1.82, 2.24) is 0 Å². The molecule has 1 aromatic rings. The van der Waals surface area contributed by atoms with Gasteiger partial charge in [-0.1, -0.05) is 0 Å². The summed E-state index contributed by atoms with van der Waals surface area (Å²) < 4.78 is 10.9. The monoisotopic (exact) mass is 208 g/mol. The van der Waals surface area contributed by atoms with Crippen molar-refractivity contribution in [3.63, 3.8) is 0 Å². The average molecular weight is 208 g/mol. The molecule has 1 aliphatic rings. The summed E-state index contributed by atoms with van der Waals surface area (Å²) in [5, 5.41) is 9.90. The Bertz CT molecular complexity index is 336. The molecule has 1 aliphatic heterocycles. The smallest absolute Gasteiger partial charge is 0.125 e. The highest BCUT2D eigenvalue weighted by atomic mass is 16.5. The number of benzene rings is 1. The topological polar surface area (TPSA) is 38.7 Å². The molecule has 3 nitrogen and oxygen atoms in total. The van der Waals surface area contributed by atoms with Crippen LogP contribution in [0.3, 0.4) is 0 Å². The van der Waals surface area contributed by atoms with E-state index in [0.29, 0.717) is 13.2 Å². The summed E-state index contributed by atoms with van der Waals surface area (Å²) in [7, 11) is 0. The van der Waals surface area contributed by atoms with Gasteiger partial charge in [0, 0.05) is 5.56 Å². The third-order valence-corrected chi connectivity index (χ3v) is 2.53. The van der Waals surface area contributed by atoms with Gasteiger partial charge >= 0.3 is 0 Å². The minimum atomic E-state index is -0.428. The summed E-state index contributed by atoms with van der Waals surface area (Å²) in [6.07, 6.45) is 1.21. The van der Waals surface area contributed by atoms with Crippen molar-refractivity contribution < 1.29 is 14.6 Å². The van der Waals surface area contributed by atoms with Gasteiger partial charge in [0.1, 0.15) is 11.5 Å². The summed E-state index contributed by atoms with van der Waals surface area (Å²) >= 11 is 0. The van der Waals surface area contributed by atoms with E-state index in [1.165, 1.54) is 0 Å².